The molecule has 1 radical (unpaired) electrons. The van der Waals surface area contributed by atoms with Crippen molar-refractivity contribution in [3.05, 3.63) is 34.4 Å². The largest absolute Gasteiger partial charge is 0.430 e. The molecule has 1 nitrogen and oxygen atoms in total. The van der Waals surface area contributed by atoms with Gasteiger partial charge in [-0.1, -0.05) is 26.8 Å². The summed E-state index contributed by atoms with van der Waals surface area (Å²) in [7, 11) is 0. The molecule has 0 fully saturated rings. The normalized spacial score (nSPS) is 13.5. The number of halogens is 6. The third-order valence-electron chi connectivity index (χ3n) is 3.68. The van der Waals surface area contributed by atoms with Crippen molar-refractivity contribution in [2.45, 2.75) is 58.0 Å². The molecule has 0 heterocycles. The Hall–Kier alpha value is -1.24. The molecule has 22 heavy (non-hydrogen) atoms. The van der Waals surface area contributed by atoms with Crippen LogP contribution in [0.2, 0.25) is 0 Å². The summed E-state index contributed by atoms with van der Waals surface area (Å²) in [4.78, 5) is 0. The summed E-state index contributed by atoms with van der Waals surface area (Å²) in [6.45, 7) is 4.50. The highest BCUT2D eigenvalue weighted by Gasteiger charge is 2.72. The summed E-state index contributed by atoms with van der Waals surface area (Å²) in [5, 5.41) is 9.74. The van der Waals surface area contributed by atoms with Crippen molar-refractivity contribution in [2.24, 2.45) is 0 Å². The maximum absolute atomic E-state index is 13.2. The van der Waals surface area contributed by atoms with E-state index < -0.39 is 23.5 Å². The lowest BCUT2D eigenvalue weighted by Crippen LogP contribution is -2.55. The minimum absolute atomic E-state index is 0.0582. The van der Waals surface area contributed by atoms with E-state index in [1.54, 1.807) is 6.92 Å². The van der Waals surface area contributed by atoms with E-state index in [9.17, 15) is 31.4 Å². The Labute approximate surface area is 125 Å². The van der Waals surface area contributed by atoms with Crippen LogP contribution in [0.25, 0.3) is 0 Å². The number of aryl methyl sites for hydroxylation is 2. The standard InChI is InChI=1S/C15H17F6O/c1-4-9-7-8-10(5-2)12(11(9)6-3)13(22,14(16,17)18)15(19,20)21/h8,22H,4-6H2,1-3H3. The van der Waals surface area contributed by atoms with Crippen LogP contribution in [0.5, 0.6) is 0 Å². The predicted octanol–water partition coefficient (Wildman–Crippen LogP) is 4.49. The van der Waals surface area contributed by atoms with Gasteiger partial charge in [-0.15, -0.1) is 0 Å². The average molecular weight is 327 g/mol. The fourth-order valence-corrected chi connectivity index (χ4v) is 2.56. The molecule has 0 aromatic heterocycles. The third kappa shape index (κ3) is 2.83. The molecule has 0 amide bonds. The molecule has 0 aliphatic rings. The number of aliphatic hydroxyl groups is 1. The monoisotopic (exact) mass is 327 g/mol. The van der Waals surface area contributed by atoms with Crippen molar-refractivity contribution in [1.29, 1.82) is 0 Å². The highest BCUT2D eigenvalue weighted by molar-refractivity contribution is 5.46. The van der Waals surface area contributed by atoms with Gasteiger partial charge in [0.05, 0.1) is 0 Å². The van der Waals surface area contributed by atoms with Crippen LogP contribution >= 0.6 is 0 Å². The van der Waals surface area contributed by atoms with Gasteiger partial charge in [-0.2, -0.15) is 26.3 Å². The Morgan fingerprint density at radius 3 is 1.73 bits per heavy atom. The molecule has 7 heteroatoms. The highest BCUT2D eigenvalue weighted by Crippen LogP contribution is 2.52. The predicted molar refractivity (Wildman–Crippen MR) is 69.4 cm³/mol. The van der Waals surface area contributed by atoms with E-state index in [0.29, 0.717) is 0 Å². The van der Waals surface area contributed by atoms with E-state index in [1.165, 1.54) is 13.8 Å². The second-order valence-electron chi connectivity index (χ2n) is 4.91. The van der Waals surface area contributed by atoms with Crippen molar-refractivity contribution in [3.63, 3.8) is 0 Å². The first-order valence-corrected chi connectivity index (χ1v) is 6.87. The van der Waals surface area contributed by atoms with Gasteiger partial charge in [-0.05, 0) is 42.0 Å². The fraction of sp³-hybridized carbons (Fsp3) is 0.600. The van der Waals surface area contributed by atoms with Gasteiger partial charge >= 0.3 is 12.4 Å². The van der Waals surface area contributed by atoms with Crippen LogP contribution in [0, 0.1) is 6.07 Å². The lowest BCUT2D eigenvalue weighted by molar-refractivity contribution is -0.376. The Morgan fingerprint density at radius 1 is 0.909 bits per heavy atom. The van der Waals surface area contributed by atoms with Crippen LogP contribution in [0.15, 0.2) is 6.07 Å². The van der Waals surface area contributed by atoms with E-state index >= 15 is 0 Å². The van der Waals surface area contributed by atoms with Gasteiger partial charge in [0, 0.05) is 5.56 Å². The molecule has 0 aliphatic heterocycles. The topological polar surface area (TPSA) is 20.2 Å². The van der Waals surface area contributed by atoms with Crippen LogP contribution in [0.1, 0.15) is 43.0 Å². The van der Waals surface area contributed by atoms with Gasteiger partial charge < -0.3 is 5.11 Å². The maximum Gasteiger partial charge on any atom is 0.430 e. The van der Waals surface area contributed by atoms with Gasteiger partial charge in [0.2, 0.25) is 0 Å². The molecule has 1 rings (SSSR count). The highest BCUT2D eigenvalue weighted by atomic mass is 19.4. The van der Waals surface area contributed by atoms with Crippen molar-refractivity contribution >= 4 is 0 Å². The Bertz CT molecular complexity index is 516. The van der Waals surface area contributed by atoms with Gasteiger partial charge in [0.25, 0.3) is 5.60 Å². The first-order chi connectivity index (χ1) is 9.95. The first-order valence-electron chi connectivity index (χ1n) is 6.87. The molecule has 0 unspecified atom stereocenters. The second kappa shape index (κ2) is 6.10. The molecular weight excluding hydrogens is 310 g/mol. The first kappa shape index (κ1) is 18.8. The van der Waals surface area contributed by atoms with Gasteiger partial charge in [-0.3, -0.25) is 0 Å². The number of rotatable bonds is 4. The summed E-state index contributed by atoms with van der Waals surface area (Å²) in [5.41, 5.74) is -6.06. The van der Waals surface area contributed by atoms with Crippen molar-refractivity contribution in [2.75, 3.05) is 0 Å². The third-order valence-corrected chi connectivity index (χ3v) is 3.68. The van der Waals surface area contributed by atoms with Gasteiger partial charge in [-0.25, -0.2) is 0 Å². The minimum Gasteiger partial charge on any atom is -0.369 e. The van der Waals surface area contributed by atoms with E-state index in [1.807, 2.05) is 0 Å². The molecule has 125 valence electrons. The molecule has 1 aromatic carbocycles. The molecule has 0 saturated carbocycles. The van der Waals surface area contributed by atoms with Crippen LogP contribution < -0.4 is 0 Å². The Morgan fingerprint density at radius 2 is 1.41 bits per heavy atom. The minimum atomic E-state index is -5.87. The summed E-state index contributed by atoms with van der Waals surface area (Å²) in [6.07, 6.45) is -11.6. The molecular formula is C15H17F6O. The number of alkyl halides is 6. The summed E-state index contributed by atoms with van der Waals surface area (Å²) < 4.78 is 79.0. The quantitative estimate of drug-likeness (QED) is 0.808. The Kier molecular flexibility index (Phi) is 5.22. The lowest BCUT2D eigenvalue weighted by Gasteiger charge is -2.36. The average Bonchev–Trinajstić information content (AvgIpc) is 2.42. The lowest BCUT2D eigenvalue weighted by atomic mass is 9.80. The maximum atomic E-state index is 13.2. The van der Waals surface area contributed by atoms with E-state index in [0.717, 1.165) is 6.07 Å². The smallest absolute Gasteiger partial charge is 0.369 e. The molecule has 0 saturated heterocycles. The fourth-order valence-electron chi connectivity index (χ4n) is 2.56. The van der Waals surface area contributed by atoms with E-state index in [4.69, 9.17) is 0 Å². The van der Waals surface area contributed by atoms with Crippen LogP contribution in [0.3, 0.4) is 0 Å². The van der Waals surface area contributed by atoms with Crippen molar-refractivity contribution in [3.8, 4) is 0 Å². The number of hydrogen-bond donors (Lipinski definition) is 1. The van der Waals surface area contributed by atoms with E-state index in [-0.39, 0.29) is 36.0 Å². The van der Waals surface area contributed by atoms with Gasteiger partial charge in [0.1, 0.15) is 0 Å². The summed E-state index contributed by atoms with van der Waals surface area (Å²) in [6, 6.07) is 3.83. The zero-order valence-electron chi connectivity index (χ0n) is 12.4. The van der Waals surface area contributed by atoms with Crippen molar-refractivity contribution < 1.29 is 31.4 Å². The SMILES string of the molecule is CCc1[c]cc(CC)c(C(O)(C(F)(F)F)C(F)(F)F)c1CC. The van der Waals surface area contributed by atoms with Crippen LogP contribution in [0.4, 0.5) is 26.3 Å². The summed E-state index contributed by atoms with van der Waals surface area (Å²) in [5.74, 6) is 0. The summed E-state index contributed by atoms with van der Waals surface area (Å²) >= 11 is 0. The Balaban J connectivity index is 3.90. The van der Waals surface area contributed by atoms with Gasteiger partial charge in [0.15, 0.2) is 0 Å². The zero-order chi connectivity index (χ0) is 17.3. The van der Waals surface area contributed by atoms with Crippen LogP contribution in [-0.4, -0.2) is 17.5 Å². The molecule has 0 aliphatic carbocycles. The van der Waals surface area contributed by atoms with E-state index in [2.05, 4.69) is 6.07 Å². The number of benzene rings is 1. The van der Waals surface area contributed by atoms with Crippen molar-refractivity contribution in [1.82, 2.24) is 0 Å². The second-order valence-corrected chi connectivity index (χ2v) is 4.91. The molecule has 1 aromatic rings. The molecule has 1 N–H and O–H groups in total. The van der Waals surface area contributed by atoms with Crippen LogP contribution in [-0.2, 0) is 24.9 Å². The molecule has 0 atom stereocenters. The zero-order valence-corrected chi connectivity index (χ0v) is 12.4. The number of hydrogen-bond acceptors (Lipinski definition) is 1. The molecule has 0 spiro atoms. The molecule has 0 bridgehead atoms.